The molecule has 1 aliphatic heterocycles. The Hall–Kier alpha value is -5.46. The number of piperidine rings is 1. The summed E-state index contributed by atoms with van der Waals surface area (Å²) in [6.45, 7) is 10.6. The summed E-state index contributed by atoms with van der Waals surface area (Å²) >= 11 is 0. The SMILES string of the molecule is CCOc1cc2ncnc(Nc3ccc(Oc4cccc(-c5nnc(C)o5)c4)cc3F)c2cc1OC1CCN(C(=O)OC(C)(C)C)CC1. The van der Waals surface area contributed by atoms with E-state index in [1.165, 1.54) is 12.4 Å². The number of carbonyl (C=O) groups excluding carboxylic acids is 1. The molecule has 1 aliphatic rings. The van der Waals surface area contributed by atoms with Gasteiger partial charge in [-0.3, -0.25) is 0 Å². The first-order valence-corrected chi connectivity index (χ1v) is 15.8. The molecule has 0 unspecified atom stereocenters. The van der Waals surface area contributed by atoms with Crippen LogP contribution in [-0.2, 0) is 4.74 Å². The third kappa shape index (κ3) is 7.73. The minimum absolute atomic E-state index is 0.150. The molecule has 13 heteroatoms. The fourth-order valence-electron chi connectivity index (χ4n) is 5.22. The maximum absolute atomic E-state index is 15.4. The van der Waals surface area contributed by atoms with E-state index in [1.54, 1.807) is 54.3 Å². The van der Waals surface area contributed by atoms with Gasteiger partial charge in [0.05, 0.1) is 17.8 Å². The van der Waals surface area contributed by atoms with Crippen LogP contribution in [0.2, 0.25) is 0 Å². The molecule has 5 aromatic rings. The van der Waals surface area contributed by atoms with Gasteiger partial charge in [0.15, 0.2) is 11.5 Å². The fourth-order valence-corrected chi connectivity index (χ4v) is 5.22. The molecule has 3 aromatic carbocycles. The van der Waals surface area contributed by atoms with Gasteiger partial charge in [-0.25, -0.2) is 19.2 Å². The van der Waals surface area contributed by atoms with Gasteiger partial charge >= 0.3 is 6.09 Å². The third-order valence-electron chi connectivity index (χ3n) is 7.42. The number of rotatable bonds is 9. The van der Waals surface area contributed by atoms with Gasteiger partial charge in [0, 0.05) is 55.9 Å². The first-order chi connectivity index (χ1) is 23.0. The molecule has 0 atom stereocenters. The number of amides is 1. The van der Waals surface area contributed by atoms with E-state index in [2.05, 4.69) is 25.5 Å². The molecule has 0 spiro atoms. The molecule has 6 rings (SSSR count). The highest BCUT2D eigenvalue weighted by Gasteiger charge is 2.28. The molecule has 0 saturated carbocycles. The topological polar surface area (TPSA) is 134 Å². The van der Waals surface area contributed by atoms with Crippen molar-refractivity contribution in [3.8, 4) is 34.5 Å². The molecule has 250 valence electrons. The van der Waals surface area contributed by atoms with Crippen LogP contribution in [0.25, 0.3) is 22.4 Å². The summed E-state index contributed by atoms with van der Waals surface area (Å²) in [5.74, 6) is 2.51. The van der Waals surface area contributed by atoms with E-state index in [0.29, 0.717) is 89.6 Å². The second-order valence-electron chi connectivity index (χ2n) is 12.3. The first-order valence-electron chi connectivity index (χ1n) is 15.8. The fraction of sp³-hybridized carbons (Fsp3) is 0.343. The number of hydrogen-bond donors (Lipinski definition) is 1. The smallest absolute Gasteiger partial charge is 0.410 e. The highest BCUT2D eigenvalue weighted by Crippen LogP contribution is 2.37. The number of nitrogens with one attached hydrogen (secondary N) is 1. The van der Waals surface area contributed by atoms with Crippen LogP contribution in [0.15, 0.2) is 65.3 Å². The van der Waals surface area contributed by atoms with Gasteiger partial charge < -0.3 is 33.6 Å². The van der Waals surface area contributed by atoms with E-state index < -0.39 is 11.4 Å². The molecule has 1 N–H and O–H groups in total. The van der Waals surface area contributed by atoms with Crippen molar-refractivity contribution in [3.63, 3.8) is 0 Å². The molecule has 0 aliphatic carbocycles. The molecule has 0 bridgehead atoms. The number of nitrogens with zero attached hydrogens (tertiary/aromatic N) is 5. The molecule has 1 fully saturated rings. The van der Waals surface area contributed by atoms with Gasteiger partial charge in [-0.1, -0.05) is 6.07 Å². The minimum atomic E-state index is -0.558. The number of ether oxygens (including phenoxy) is 4. The highest BCUT2D eigenvalue weighted by molar-refractivity contribution is 5.93. The Bertz CT molecular complexity index is 1920. The predicted octanol–water partition coefficient (Wildman–Crippen LogP) is 7.84. The number of aryl methyl sites for hydroxylation is 1. The number of fused-ring (bicyclic) bond motifs is 1. The largest absolute Gasteiger partial charge is 0.490 e. The maximum Gasteiger partial charge on any atom is 0.410 e. The monoisotopic (exact) mass is 656 g/mol. The Labute approximate surface area is 277 Å². The van der Waals surface area contributed by atoms with Gasteiger partial charge in [0.2, 0.25) is 11.8 Å². The zero-order valence-corrected chi connectivity index (χ0v) is 27.4. The summed E-state index contributed by atoms with van der Waals surface area (Å²) < 4.78 is 44.7. The Morgan fingerprint density at radius 2 is 1.81 bits per heavy atom. The molecule has 0 radical (unpaired) electrons. The quantitative estimate of drug-likeness (QED) is 0.166. The van der Waals surface area contributed by atoms with Crippen LogP contribution < -0.4 is 19.5 Å². The Balaban J connectivity index is 1.18. The highest BCUT2D eigenvalue weighted by atomic mass is 19.1. The zero-order valence-electron chi connectivity index (χ0n) is 27.4. The van der Waals surface area contributed by atoms with Crippen LogP contribution in [0.3, 0.4) is 0 Å². The molecular formula is C35H37FN6O6. The van der Waals surface area contributed by atoms with E-state index in [-0.39, 0.29) is 17.9 Å². The molecule has 2 aromatic heterocycles. The number of carbonyl (C=O) groups is 1. The van der Waals surface area contributed by atoms with Crippen LogP contribution in [0.1, 0.15) is 46.4 Å². The summed E-state index contributed by atoms with van der Waals surface area (Å²) in [5.41, 5.74) is 0.922. The van der Waals surface area contributed by atoms with E-state index in [9.17, 15) is 4.79 Å². The van der Waals surface area contributed by atoms with Gasteiger partial charge in [-0.05, 0) is 64.1 Å². The summed E-state index contributed by atoms with van der Waals surface area (Å²) in [7, 11) is 0. The lowest BCUT2D eigenvalue weighted by atomic mass is 10.1. The maximum atomic E-state index is 15.4. The number of anilines is 2. The molecule has 12 nitrogen and oxygen atoms in total. The number of halogens is 1. The Morgan fingerprint density at radius 1 is 1.02 bits per heavy atom. The van der Waals surface area contributed by atoms with Crippen molar-refractivity contribution in [2.24, 2.45) is 0 Å². The van der Waals surface area contributed by atoms with Crippen molar-refractivity contribution >= 4 is 28.5 Å². The van der Waals surface area contributed by atoms with E-state index in [0.717, 1.165) is 0 Å². The normalized spacial score (nSPS) is 13.8. The molecular weight excluding hydrogens is 619 g/mol. The lowest BCUT2D eigenvalue weighted by Gasteiger charge is -2.33. The van der Waals surface area contributed by atoms with Crippen molar-refractivity contribution in [2.75, 3.05) is 25.0 Å². The van der Waals surface area contributed by atoms with Crippen molar-refractivity contribution in [3.05, 3.63) is 72.6 Å². The second-order valence-corrected chi connectivity index (χ2v) is 12.3. The average molecular weight is 657 g/mol. The van der Waals surface area contributed by atoms with Gasteiger partial charge in [0.25, 0.3) is 0 Å². The molecule has 1 amide bonds. The lowest BCUT2D eigenvalue weighted by Crippen LogP contribution is -2.44. The second kappa shape index (κ2) is 13.7. The third-order valence-corrected chi connectivity index (χ3v) is 7.42. The number of benzene rings is 3. The van der Waals surface area contributed by atoms with Crippen molar-refractivity contribution in [2.45, 2.75) is 59.2 Å². The lowest BCUT2D eigenvalue weighted by molar-refractivity contribution is 0.0124. The molecule has 1 saturated heterocycles. The van der Waals surface area contributed by atoms with Crippen LogP contribution in [-0.4, -0.2) is 62.6 Å². The van der Waals surface area contributed by atoms with Crippen molar-refractivity contribution in [1.82, 2.24) is 25.1 Å². The van der Waals surface area contributed by atoms with E-state index in [1.807, 2.05) is 33.8 Å². The Morgan fingerprint density at radius 3 is 2.52 bits per heavy atom. The molecule has 3 heterocycles. The average Bonchev–Trinajstić information content (AvgIpc) is 3.49. The number of hydrogen-bond acceptors (Lipinski definition) is 11. The summed E-state index contributed by atoms with van der Waals surface area (Å²) in [6.07, 6.45) is 2.18. The standard InChI is InChI=1S/C35H37FN6O6/c1-6-44-30-19-29-26(18-31(30)47-23-12-14-42(15-13-23)34(43)48-35(3,4)5)32(38-20-37-29)39-28-11-10-25(17-27(28)36)46-24-9-7-8-22(16-24)33-41-40-21(2)45-33/h7-11,16-20,23H,6,12-15H2,1-5H3,(H,37,38,39). The Kier molecular flexibility index (Phi) is 9.28. The van der Waals surface area contributed by atoms with Crippen LogP contribution in [0.4, 0.5) is 20.7 Å². The van der Waals surface area contributed by atoms with Crippen LogP contribution in [0.5, 0.6) is 23.0 Å². The minimum Gasteiger partial charge on any atom is -0.490 e. The van der Waals surface area contributed by atoms with Gasteiger partial charge in [-0.2, -0.15) is 0 Å². The van der Waals surface area contributed by atoms with Crippen LogP contribution in [0, 0.1) is 12.7 Å². The molecule has 48 heavy (non-hydrogen) atoms. The number of aromatic nitrogens is 4. The number of likely N-dealkylation sites (tertiary alicyclic amines) is 1. The zero-order chi connectivity index (χ0) is 33.8. The van der Waals surface area contributed by atoms with Crippen molar-refractivity contribution in [1.29, 1.82) is 0 Å². The van der Waals surface area contributed by atoms with E-state index in [4.69, 9.17) is 23.4 Å². The summed E-state index contributed by atoms with van der Waals surface area (Å²) in [4.78, 5) is 23.0. The van der Waals surface area contributed by atoms with E-state index >= 15 is 4.39 Å². The summed E-state index contributed by atoms with van der Waals surface area (Å²) in [5, 5.41) is 11.6. The van der Waals surface area contributed by atoms with Gasteiger partial charge in [0.1, 0.15) is 41.2 Å². The van der Waals surface area contributed by atoms with Crippen LogP contribution >= 0.6 is 0 Å². The van der Waals surface area contributed by atoms with Crippen molar-refractivity contribution < 1.29 is 32.5 Å². The predicted molar refractivity (Wildman–Crippen MR) is 176 cm³/mol. The first kappa shape index (κ1) is 32.5. The summed E-state index contributed by atoms with van der Waals surface area (Å²) in [6, 6.07) is 15.2. The van der Waals surface area contributed by atoms with Gasteiger partial charge in [-0.15, -0.1) is 10.2 Å².